The van der Waals surface area contributed by atoms with Crippen molar-refractivity contribution < 1.29 is 19.5 Å². The van der Waals surface area contributed by atoms with Gasteiger partial charge in [0.2, 0.25) is 5.91 Å². The Hall–Kier alpha value is -2.89. The Morgan fingerprint density at radius 2 is 1.92 bits per heavy atom. The lowest BCUT2D eigenvalue weighted by Gasteiger charge is -2.53. The Labute approximate surface area is 145 Å². The highest BCUT2D eigenvalue weighted by Gasteiger charge is 2.63. The van der Waals surface area contributed by atoms with Gasteiger partial charge in [-0.1, -0.05) is 42.5 Å². The molecule has 0 spiro atoms. The standard InChI is InChI=1S/C19H18N2O4/c1-11(22)20-10-9-14-13(8-7-12-5-3-2-4-6-12)16(19(24)25)21-15(14)17(20)18(21)23/h2-8,14-15,17H,9-10H2,1H3,(H,24,25)/b8-7+/t14?,15-,17+/m1/s1. The summed E-state index contributed by atoms with van der Waals surface area (Å²) >= 11 is 0. The zero-order valence-corrected chi connectivity index (χ0v) is 13.8. The van der Waals surface area contributed by atoms with E-state index in [1.165, 1.54) is 11.8 Å². The van der Waals surface area contributed by atoms with Gasteiger partial charge in [-0.3, -0.25) is 14.5 Å². The fraction of sp³-hybridized carbons (Fsp3) is 0.316. The van der Waals surface area contributed by atoms with Crippen LogP contribution < -0.4 is 0 Å². The Morgan fingerprint density at radius 1 is 1.20 bits per heavy atom. The third-order valence-electron chi connectivity index (χ3n) is 5.32. The molecule has 25 heavy (non-hydrogen) atoms. The number of carbonyl (C=O) groups is 3. The van der Waals surface area contributed by atoms with Crippen LogP contribution in [0.1, 0.15) is 18.9 Å². The number of carbonyl (C=O) groups excluding carboxylic acids is 2. The molecule has 0 aliphatic carbocycles. The average Bonchev–Trinajstić information content (AvgIpc) is 2.92. The number of piperidine rings is 1. The molecule has 6 heteroatoms. The molecular weight excluding hydrogens is 320 g/mol. The third-order valence-corrected chi connectivity index (χ3v) is 5.32. The number of β-lactam (4-membered cyclic amide) rings is 1. The van der Waals surface area contributed by atoms with E-state index in [0.717, 1.165) is 5.56 Å². The SMILES string of the molecule is CC(=O)N1CCC2C(/C=C/c3ccccc3)=C(C(=O)O)N3C(=O)[C@@H]1[C@@H]23. The van der Waals surface area contributed by atoms with E-state index in [-0.39, 0.29) is 29.5 Å². The molecule has 4 rings (SSSR count). The van der Waals surface area contributed by atoms with E-state index in [0.29, 0.717) is 18.5 Å². The van der Waals surface area contributed by atoms with Crippen LogP contribution in [0.15, 0.2) is 47.7 Å². The highest BCUT2D eigenvalue weighted by Crippen LogP contribution is 2.49. The van der Waals surface area contributed by atoms with Gasteiger partial charge in [0.15, 0.2) is 0 Å². The zero-order valence-electron chi connectivity index (χ0n) is 13.8. The Morgan fingerprint density at radius 3 is 2.56 bits per heavy atom. The van der Waals surface area contributed by atoms with E-state index in [9.17, 15) is 19.5 Å². The van der Waals surface area contributed by atoms with E-state index >= 15 is 0 Å². The van der Waals surface area contributed by atoms with Crippen molar-refractivity contribution in [3.63, 3.8) is 0 Å². The van der Waals surface area contributed by atoms with E-state index in [1.54, 1.807) is 4.90 Å². The highest BCUT2D eigenvalue weighted by atomic mass is 16.4. The molecule has 128 valence electrons. The number of allylic oxidation sites excluding steroid dienone is 1. The summed E-state index contributed by atoms with van der Waals surface area (Å²) in [5, 5.41) is 9.65. The molecule has 1 unspecified atom stereocenters. The summed E-state index contributed by atoms with van der Waals surface area (Å²) in [5.74, 6) is -1.56. The van der Waals surface area contributed by atoms with Gasteiger partial charge in [-0.25, -0.2) is 4.79 Å². The quantitative estimate of drug-likeness (QED) is 0.847. The zero-order chi connectivity index (χ0) is 17.7. The van der Waals surface area contributed by atoms with Gasteiger partial charge >= 0.3 is 5.97 Å². The molecule has 2 fully saturated rings. The largest absolute Gasteiger partial charge is 0.477 e. The van der Waals surface area contributed by atoms with Crippen LogP contribution >= 0.6 is 0 Å². The van der Waals surface area contributed by atoms with Gasteiger partial charge in [-0.2, -0.15) is 0 Å². The smallest absolute Gasteiger partial charge is 0.352 e. The maximum atomic E-state index is 12.5. The average molecular weight is 338 g/mol. The van der Waals surface area contributed by atoms with E-state index in [1.807, 2.05) is 42.5 Å². The predicted octanol–water partition coefficient (Wildman–Crippen LogP) is 1.50. The lowest BCUT2D eigenvalue weighted by molar-refractivity contribution is -0.168. The van der Waals surface area contributed by atoms with Gasteiger partial charge in [-0.15, -0.1) is 0 Å². The Bertz CT molecular complexity index is 827. The summed E-state index contributed by atoms with van der Waals surface area (Å²) in [7, 11) is 0. The van der Waals surface area contributed by atoms with Crippen LogP contribution in [0.4, 0.5) is 0 Å². The molecule has 0 bridgehead atoms. The van der Waals surface area contributed by atoms with E-state index in [4.69, 9.17) is 0 Å². The Kier molecular flexibility index (Phi) is 3.49. The second-order valence-corrected chi connectivity index (χ2v) is 6.60. The lowest BCUT2D eigenvalue weighted by atomic mass is 9.78. The van der Waals surface area contributed by atoms with Gasteiger partial charge in [0.25, 0.3) is 5.91 Å². The van der Waals surface area contributed by atoms with Crippen molar-refractivity contribution in [2.75, 3.05) is 6.54 Å². The number of carboxylic acids is 1. The summed E-state index contributed by atoms with van der Waals surface area (Å²) < 4.78 is 0. The van der Waals surface area contributed by atoms with Crippen molar-refractivity contribution in [1.82, 2.24) is 9.80 Å². The van der Waals surface area contributed by atoms with Crippen LogP contribution in [-0.4, -0.2) is 51.3 Å². The van der Waals surface area contributed by atoms with Crippen LogP contribution in [0.3, 0.4) is 0 Å². The van der Waals surface area contributed by atoms with Crippen molar-refractivity contribution >= 4 is 23.9 Å². The van der Waals surface area contributed by atoms with Crippen molar-refractivity contribution in [2.45, 2.75) is 25.4 Å². The Balaban J connectivity index is 1.72. The molecule has 2 amide bonds. The number of benzene rings is 1. The van der Waals surface area contributed by atoms with Crippen molar-refractivity contribution in [2.24, 2.45) is 5.92 Å². The molecule has 6 nitrogen and oxygen atoms in total. The van der Waals surface area contributed by atoms with Gasteiger partial charge < -0.3 is 10.0 Å². The normalized spacial score (nSPS) is 27.6. The molecule has 2 saturated heterocycles. The molecule has 3 atom stereocenters. The molecule has 0 radical (unpaired) electrons. The predicted molar refractivity (Wildman–Crippen MR) is 90.1 cm³/mol. The molecule has 3 heterocycles. The van der Waals surface area contributed by atoms with Crippen LogP contribution in [0.2, 0.25) is 0 Å². The minimum absolute atomic E-state index is 0.0376. The number of hydrogen-bond acceptors (Lipinski definition) is 3. The number of hydrogen-bond donors (Lipinski definition) is 1. The molecule has 3 aliphatic rings. The van der Waals surface area contributed by atoms with Gasteiger partial charge in [0.05, 0.1) is 6.04 Å². The molecular formula is C19H18N2O4. The van der Waals surface area contributed by atoms with Gasteiger partial charge in [0.1, 0.15) is 11.7 Å². The van der Waals surface area contributed by atoms with Crippen molar-refractivity contribution in [3.05, 3.63) is 53.2 Å². The second-order valence-electron chi connectivity index (χ2n) is 6.60. The second kappa shape index (κ2) is 5.58. The lowest BCUT2D eigenvalue weighted by Crippen LogP contribution is -2.73. The first-order valence-corrected chi connectivity index (χ1v) is 8.31. The van der Waals surface area contributed by atoms with Gasteiger partial charge in [-0.05, 0) is 17.6 Å². The van der Waals surface area contributed by atoms with Gasteiger partial charge in [0, 0.05) is 19.4 Å². The monoisotopic (exact) mass is 338 g/mol. The minimum Gasteiger partial charge on any atom is -0.477 e. The fourth-order valence-corrected chi connectivity index (χ4v) is 4.25. The molecule has 1 aromatic rings. The fourth-order valence-electron chi connectivity index (χ4n) is 4.25. The van der Waals surface area contributed by atoms with Crippen LogP contribution in [0, 0.1) is 5.92 Å². The van der Waals surface area contributed by atoms with Crippen LogP contribution in [0.25, 0.3) is 6.08 Å². The third kappa shape index (κ3) is 2.21. The van der Waals surface area contributed by atoms with E-state index in [2.05, 4.69) is 0 Å². The van der Waals surface area contributed by atoms with Crippen LogP contribution in [0.5, 0.6) is 0 Å². The number of likely N-dealkylation sites (tertiary alicyclic amines) is 1. The molecule has 0 saturated carbocycles. The summed E-state index contributed by atoms with van der Waals surface area (Å²) in [6.45, 7) is 1.93. The molecule has 1 N–H and O–H groups in total. The molecule has 3 aliphatic heterocycles. The number of nitrogens with zero attached hydrogens (tertiary/aromatic N) is 2. The highest BCUT2D eigenvalue weighted by molar-refractivity contribution is 6.03. The summed E-state index contributed by atoms with van der Waals surface area (Å²) in [4.78, 5) is 39.0. The summed E-state index contributed by atoms with van der Waals surface area (Å²) in [5.41, 5.74) is 1.72. The molecule has 1 aromatic carbocycles. The number of aliphatic carboxylic acids is 1. The maximum Gasteiger partial charge on any atom is 0.352 e. The summed E-state index contributed by atoms with van der Waals surface area (Å²) in [6, 6.07) is 8.86. The minimum atomic E-state index is -1.09. The number of rotatable bonds is 3. The maximum absolute atomic E-state index is 12.5. The van der Waals surface area contributed by atoms with Crippen molar-refractivity contribution in [3.8, 4) is 0 Å². The topological polar surface area (TPSA) is 77.9 Å². The van der Waals surface area contributed by atoms with Crippen molar-refractivity contribution in [1.29, 1.82) is 0 Å². The number of amides is 2. The first-order valence-electron chi connectivity index (χ1n) is 8.31. The first-order chi connectivity index (χ1) is 12.0. The van der Waals surface area contributed by atoms with E-state index < -0.39 is 12.0 Å². The summed E-state index contributed by atoms with van der Waals surface area (Å²) in [6.07, 6.45) is 4.35. The number of carboxylic acid groups (broad SMARTS) is 1. The molecule has 0 aromatic heterocycles. The van der Waals surface area contributed by atoms with Crippen LogP contribution in [-0.2, 0) is 14.4 Å². The first kappa shape index (κ1) is 15.6.